The van der Waals surface area contributed by atoms with Crippen molar-refractivity contribution in [1.29, 1.82) is 0 Å². The number of carbonyl (C=O) groups is 1. The third kappa shape index (κ3) is 5.15. The number of benzene rings is 1. The fourth-order valence-corrected chi connectivity index (χ4v) is 5.53. The van der Waals surface area contributed by atoms with Crippen LogP contribution in [-0.4, -0.2) is 32.4 Å². The SMILES string of the molecule is CN(Cc1ccncc1)C(=O)c1cnc(SCc2c(F)cccc2Cl)n1C1CCCCC1. The molecule has 3 aromatic rings. The van der Waals surface area contributed by atoms with Crippen molar-refractivity contribution in [2.45, 2.75) is 55.6 Å². The van der Waals surface area contributed by atoms with Crippen LogP contribution in [0.15, 0.2) is 54.1 Å². The summed E-state index contributed by atoms with van der Waals surface area (Å²) < 4.78 is 16.3. The molecule has 1 aliphatic rings. The zero-order valence-electron chi connectivity index (χ0n) is 18.0. The van der Waals surface area contributed by atoms with E-state index in [1.165, 1.54) is 24.2 Å². The Labute approximate surface area is 197 Å². The van der Waals surface area contributed by atoms with Gasteiger partial charge in [-0.05, 0) is 42.7 Å². The number of pyridine rings is 1. The summed E-state index contributed by atoms with van der Waals surface area (Å²) in [5.41, 5.74) is 2.05. The molecule has 32 heavy (non-hydrogen) atoms. The van der Waals surface area contributed by atoms with E-state index in [9.17, 15) is 9.18 Å². The number of rotatable bonds is 7. The van der Waals surface area contributed by atoms with E-state index in [2.05, 4.69) is 14.5 Å². The van der Waals surface area contributed by atoms with Crippen molar-refractivity contribution < 1.29 is 9.18 Å². The van der Waals surface area contributed by atoms with Crippen LogP contribution in [0.3, 0.4) is 0 Å². The highest BCUT2D eigenvalue weighted by atomic mass is 35.5. The fraction of sp³-hybridized carbons (Fsp3) is 0.375. The minimum Gasteiger partial charge on any atom is -0.336 e. The van der Waals surface area contributed by atoms with Gasteiger partial charge in [-0.25, -0.2) is 9.37 Å². The van der Waals surface area contributed by atoms with Gasteiger partial charge in [0.05, 0.1) is 6.20 Å². The van der Waals surface area contributed by atoms with Crippen molar-refractivity contribution in [2.75, 3.05) is 7.05 Å². The molecule has 5 nitrogen and oxygen atoms in total. The summed E-state index contributed by atoms with van der Waals surface area (Å²) >= 11 is 7.64. The molecule has 0 spiro atoms. The van der Waals surface area contributed by atoms with Crippen LogP contribution in [0.4, 0.5) is 4.39 Å². The lowest BCUT2D eigenvalue weighted by atomic mass is 9.95. The monoisotopic (exact) mass is 472 g/mol. The minimum atomic E-state index is -0.325. The van der Waals surface area contributed by atoms with E-state index in [1.54, 1.807) is 42.7 Å². The maximum atomic E-state index is 14.3. The van der Waals surface area contributed by atoms with Gasteiger partial charge in [0, 0.05) is 48.4 Å². The van der Waals surface area contributed by atoms with Gasteiger partial charge in [-0.2, -0.15) is 0 Å². The first-order valence-electron chi connectivity index (χ1n) is 10.8. The number of hydrogen-bond acceptors (Lipinski definition) is 4. The number of hydrogen-bond donors (Lipinski definition) is 0. The van der Waals surface area contributed by atoms with Gasteiger partial charge in [-0.15, -0.1) is 0 Å². The molecule has 0 bridgehead atoms. The summed E-state index contributed by atoms with van der Waals surface area (Å²) in [7, 11) is 1.80. The molecule has 0 atom stereocenters. The molecule has 8 heteroatoms. The molecule has 2 aromatic heterocycles. The van der Waals surface area contributed by atoms with Crippen LogP contribution in [0.2, 0.25) is 5.02 Å². The summed E-state index contributed by atoms with van der Waals surface area (Å²) in [4.78, 5) is 23.7. The molecule has 1 saturated carbocycles. The number of thioether (sulfide) groups is 1. The molecule has 0 aliphatic heterocycles. The Kier molecular flexibility index (Phi) is 7.48. The van der Waals surface area contributed by atoms with Crippen molar-refractivity contribution >= 4 is 29.3 Å². The largest absolute Gasteiger partial charge is 0.336 e. The van der Waals surface area contributed by atoms with Gasteiger partial charge in [-0.3, -0.25) is 9.78 Å². The first-order chi connectivity index (χ1) is 15.5. The second kappa shape index (κ2) is 10.5. The third-order valence-electron chi connectivity index (χ3n) is 5.84. The first-order valence-corrected chi connectivity index (χ1v) is 12.2. The molecule has 2 heterocycles. The summed E-state index contributed by atoms with van der Waals surface area (Å²) in [5.74, 6) is -0.0414. The number of aromatic nitrogens is 3. The normalized spacial score (nSPS) is 14.5. The Bertz CT molecular complexity index is 1050. The maximum absolute atomic E-state index is 14.3. The van der Waals surface area contributed by atoms with E-state index in [1.807, 2.05) is 12.1 Å². The van der Waals surface area contributed by atoms with E-state index in [0.717, 1.165) is 36.4 Å². The summed E-state index contributed by atoms with van der Waals surface area (Å²) in [6.45, 7) is 0.491. The van der Waals surface area contributed by atoms with Gasteiger partial charge in [0.25, 0.3) is 5.91 Å². The van der Waals surface area contributed by atoms with Crippen LogP contribution in [0, 0.1) is 5.82 Å². The number of amides is 1. The predicted octanol–water partition coefficient (Wildman–Crippen LogP) is 6.14. The lowest BCUT2D eigenvalue weighted by molar-refractivity contribution is 0.0768. The number of imidazole rings is 1. The molecule has 1 aliphatic carbocycles. The zero-order valence-corrected chi connectivity index (χ0v) is 19.6. The maximum Gasteiger partial charge on any atom is 0.272 e. The fourth-order valence-electron chi connectivity index (χ4n) is 4.14. The van der Waals surface area contributed by atoms with Crippen LogP contribution in [-0.2, 0) is 12.3 Å². The van der Waals surface area contributed by atoms with E-state index in [4.69, 9.17) is 11.6 Å². The second-order valence-electron chi connectivity index (χ2n) is 8.09. The van der Waals surface area contributed by atoms with E-state index in [-0.39, 0.29) is 17.8 Å². The highest BCUT2D eigenvalue weighted by molar-refractivity contribution is 7.98. The van der Waals surface area contributed by atoms with Gasteiger partial charge in [-0.1, -0.05) is 48.7 Å². The van der Waals surface area contributed by atoms with E-state index in [0.29, 0.717) is 28.6 Å². The molecular formula is C24H26ClFN4OS. The summed E-state index contributed by atoms with van der Waals surface area (Å²) in [6.07, 6.45) is 10.6. The molecule has 1 amide bonds. The smallest absolute Gasteiger partial charge is 0.272 e. The Morgan fingerprint density at radius 3 is 2.69 bits per heavy atom. The Balaban J connectivity index is 1.59. The Morgan fingerprint density at radius 2 is 1.97 bits per heavy atom. The van der Waals surface area contributed by atoms with Crippen molar-refractivity contribution in [2.24, 2.45) is 0 Å². The highest BCUT2D eigenvalue weighted by Crippen LogP contribution is 2.35. The van der Waals surface area contributed by atoms with E-state index < -0.39 is 0 Å². The van der Waals surface area contributed by atoms with Gasteiger partial charge in [0.1, 0.15) is 11.5 Å². The van der Waals surface area contributed by atoms with Crippen molar-refractivity contribution in [3.05, 3.63) is 76.6 Å². The van der Waals surface area contributed by atoms with Crippen LogP contribution in [0.1, 0.15) is 59.8 Å². The third-order valence-corrected chi connectivity index (χ3v) is 7.19. The zero-order chi connectivity index (χ0) is 22.5. The molecule has 4 rings (SSSR count). The van der Waals surface area contributed by atoms with Crippen LogP contribution >= 0.6 is 23.4 Å². The van der Waals surface area contributed by atoms with Crippen molar-refractivity contribution in [3.8, 4) is 0 Å². The van der Waals surface area contributed by atoms with Crippen LogP contribution in [0.25, 0.3) is 0 Å². The lowest BCUT2D eigenvalue weighted by Crippen LogP contribution is -2.30. The van der Waals surface area contributed by atoms with Crippen LogP contribution < -0.4 is 0 Å². The number of carbonyl (C=O) groups excluding carboxylic acids is 1. The summed E-state index contributed by atoms with van der Waals surface area (Å²) in [5, 5.41) is 1.14. The molecule has 0 saturated heterocycles. The van der Waals surface area contributed by atoms with Crippen molar-refractivity contribution in [3.63, 3.8) is 0 Å². The average molecular weight is 473 g/mol. The Hall–Kier alpha value is -2.38. The lowest BCUT2D eigenvalue weighted by Gasteiger charge is -2.27. The van der Waals surface area contributed by atoms with Gasteiger partial charge in [0.15, 0.2) is 5.16 Å². The Morgan fingerprint density at radius 1 is 1.22 bits per heavy atom. The molecule has 1 aromatic carbocycles. The van der Waals surface area contributed by atoms with E-state index >= 15 is 0 Å². The quantitative estimate of drug-likeness (QED) is 0.387. The average Bonchev–Trinajstić information content (AvgIpc) is 3.23. The van der Waals surface area contributed by atoms with Crippen molar-refractivity contribution in [1.82, 2.24) is 19.4 Å². The van der Waals surface area contributed by atoms with Gasteiger partial charge in [0.2, 0.25) is 0 Å². The molecule has 0 radical (unpaired) electrons. The van der Waals surface area contributed by atoms with Crippen LogP contribution in [0.5, 0.6) is 0 Å². The molecule has 168 valence electrons. The summed E-state index contributed by atoms with van der Waals surface area (Å²) in [6, 6.07) is 8.74. The molecular weight excluding hydrogens is 447 g/mol. The molecule has 1 fully saturated rings. The molecule has 0 unspecified atom stereocenters. The number of halogens is 2. The second-order valence-corrected chi connectivity index (χ2v) is 9.44. The topological polar surface area (TPSA) is 51.0 Å². The highest BCUT2D eigenvalue weighted by Gasteiger charge is 2.27. The standard InChI is InChI=1S/C24H26ClFN4OS/c1-29(15-17-10-12-27-13-11-17)23(31)22-14-28-24(30(22)18-6-3-2-4-7-18)32-16-19-20(25)8-5-9-21(19)26/h5,8-14,18H,2-4,6-7,15-16H2,1H3. The minimum absolute atomic E-state index is 0.0735. The first kappa shape index (κ1) is 22.8. The van der Waals surface area contributed by atoms with Gasteiger partial charge < -0.3 is 9.47 Å². The predicted molar refractivity (Wildman–Crippen MR) is 125 cm³/mol. The van der Waals surface area contributed by atoms with Gasteiger partial charge >= 0.3 is 0 Å². The number of nitrogens with zero attached hydrogens (tertiary/aromatic N) is 4. The molecule has 0 N–H and O–H groups in total.